The van der Waals surface area contributed by atoms with Gasteiger partial charge in [0, 0.05) is 16.8 Å². The molecule has 0 aliphatic rings. The summed E-state index contributed by atoms with van der Waals surface area (Å²) in [6, 6.07) is 18.1. The van der Waals surface area contributed by atoms with Gasteiger partial charge in [0.2, 0.25) is 0 Å². The van der Waals surface area contributed by atoms with Gasteiger partial charge in [-0.1, -0.05) is 36.4 Å². The molecule has 0 aliphatic heterocycles. The topological polar surface area (TPSA) is 87.6 Å². The zero-order valence-corrected chi connectivity index (χ0v) is 16.6. The molecular formula is C21H16F3N3O3S. The first-order chi connectivity index (χ1) is 14.7. The molecule has 0 unspecified atom stereocenters. The predicted molar refractivity (Wildman–Crippen MR) is 110 cm³/mol. The fraction of sp³-hybridized carbons (Fsp3) is 0.0476. The number of halogens is 3. The molecular weight excluding hydrogens is 431 g/mol. The fourth-order valence-corrected chi connectivity index (χ4v) is 3.68. The number of carbonyl (C=O) groups is 1. The van der Waals surface area contributed by atoms with E-state index in [4.69, 9.17) is 0 Å². The summed E-state index contributed by atoms with van der Waals surface area (Å²) in [6.45, 7) is 0. The molecule has 160 valence electrons. The maximum Gasteiger partial charge on any atom is 0.417 e. The van der Waals surface area contributed by atoms with Crippen molar-refractivity contribution in [3.05, 3.63) is 95.6 Å². The Morgan fingerprint density at radius 1 is 0.871 bits per heavy atom. The van der Waals surface area contributed by atoms with Crippen LogP contribution in [-0.4, -0.2) is 20.5 Å². The van der Waals surface area contributed by atoms with Crippen LogP contribution >= 0.6 is 0 Å². The van der Waals surface area contributed by atoms with Crippen LogP contribution in [0.2, 0.25) is 0 Å². The molecule has 6 nitrogen and oxygen atoms in total. The van der Waals surface area contributed by atoms with E-state index in [-0.39, 0.29) is 21.7 Å². The SMILES string of the molecule is O=C(NN=Cc1ccccc1C(F)(F)F)c1ccc(NS(=O)(=O)c2ccccc2)cc1. The van der Waals surface area contributed by atoms with Crippen LogP contribution in [0.4, 0.5) is 18.9 Å². The summed E-state index contributed by atoms with van der Waals surface area (Å²) in [7, 11) is -3.77. The van der Waals surface area contributed by atoms with Crippen molar-refractivity contribution in [2.75, 3.05) is 4.72 Å². The molecule has 0 saturated carbocycles. The van der Waals surface area contributed by atoms with E-state index in [1.54, 1.807) is 18.2 Å². The average Bonchev–Trinajstić information content (AvgIpc) is 2.74. The lowest BCUT2D eigenvalue weighted by molar-refractivity contribution is -0.137. The number of rotatable bonds is 6. The van der Waals surface area contributed by atoms with Crippen LogP contribution in [0, 0.1) is 0 Å². The van der Waals surface area contributed by atoms with E-state index in [2.05, 4.69) is 15.2 Å². The first-order valence-corrected chi connectivity index (χ1v) is 10.3. The highest BCUT2D eigenvalue weighted by Crippen LogP contribution is 2.31. The van der Waals surface area contributed by atoms with Crippen molar-refractivity contribution in [1.29, 1.82) is 0 Å². The Hall–Kier alpha value is -3.66. The van der Waals surface area contributed by atoms with Crippen molar-refractivity contribution in [2.45, 2.75) is 11.1 Å². The van der Waals surface area contributed by atoms with Crippen molar-refractivity contribution >= 4 is 27.8 Å². The summed E-state index contributed by atoms with van der Waals surface area (Å²) in [5, 5.41) is 3.58. The first kappa shape index (κ1) is 22.0. The number of hydrazone groups is 1. The molecule has 3 rings (SSSR count). The number of carbonyl (C=O) groups excluding carboxylic acids is 1. The fourth-order valence-electron chi connectivity index (χ4n) is 2.60. The predicted octanol–water partition coefficient (Wildman–Crippen LogP) is 4.27. The minimum atomic E-state index is -4.55. The summed E-state index contributed by atoms with van der Waals surface area (Å²) in [4.78, 5) is 12.2. The Balaban J connectivity index is 1.66. The molecule has 3 aromatic carbocycles. The molecule has 10 heteroatoms. The third-order valence-corrected chi connectivity index (χ3v) is 5.49. The molecule has 0 aliphatic carbocycles. The number of nitrogens with zero attached hydrogens (tertiary/aromatic N) is 1. The van der Waals surface area contributed by atoms with Crippen LogP contribution in [-0.2, 0) is 16.2 Å². The lowest BCUT2D eigenvalue weighted by Gasteiger charge is -2.09. The van der Waals surface area contributed by atoms with Crippen LogP contribution in [0.3, 0.4) is 0 Å². The summed E-state index contributed by atoms with van der Waals surface area (Å²) in [6.07, 6.45) is -3.64. The zero-order chi connectivity index (χ0) is 22.5. The molecule has 0 radical (unpaired) electrons. The second kappa shape index (κ2) is 9.00. The standard InChI is InChI=1S/C21H16F3N3O3S/c22-21(23,24)19-9-5-4-6-16(19)14-25-26-20(28)15-10-12-17(13-11-15)27-31(29,30)18-7-2-1-3-8-18/h1-14,27H,(H,26,28). The highest BCUT2D eigenvalue weighted by atomic mass is 32.2. The quantitative estimate of drug-likeness (QED) is 0.437. The number of alkyl halides is 3. The molecule has 0 aromatic heterocycles. The second-order valence-electron chi connectivity index (χ2n) is 6.28. The first-order valence-electron chi connectivity index (χ1n) is 8.84. The van der Waals surface area contributed by atoms with E-state index in [0.717, 1.165) is 12.3 Å². The van der Waals surface area contributed by atoms with E-state index in [1.807, 2.05) is 0 Å². The number of amides is 1. The van der Waals surface area contributed by atoms with Gasteiger partial charge in [0.1, 0.15) is 0 Å². The molecule has 3 aromatic rings. The highest BCUT2D eigenvalue weighted by molar-refractivity contribution is 7.92. The van der Waals surface area contributed by atoms with E-state index in [0.29, 0.717) is 0 Å². The molecule has 0 fully saturated rings. The monoisotopic (exact) mass is 447 g/mol. The van der Waals surface area contributed by atoms with Gasteiger partial charge in [-0.2, -0.15) is 18.3 Å². The van der Waals surface area contributed by atoms with Gasteiger partial charge >= 0.3 is 6.18 Å². The van der Waals surface area contributed by atoms with Gasteiger partial charge in [0.05, 0.1) is 16.7 Å². The van der Waals surface area contributed by atoms with E-state index in [9.17, 15) is 26.4 Å². The van der Waals surface area contributed by atoms with Gasteiger partial charge in [-0.15, -0.1) is 0 Å². The van der Waals surface area contributed by atoms with E-state index < -0.39 is 27.7 Å². The van der Waals surface area contributed by atoms with Crippen molar-refractivity contribution in [2.24, 2.45) is 5.10 Å². The summed E-state index contributed by atoms with van der Waals surface area (Å²) in [5.41, 5.74) is 1.46. The minimum Gasteiger partial charge on any atom is -0.280 e. The van der Waals surface area contributed by atoms with Crippen molar-refractivity contribution in [1.82, 2.24) is 5.43 Å². The lowest BCUT2D eigenvalue weighted by atomic mass is 10.1. The second-order valence-corrected chi connectivity index (χ2v) is 7.96. The molecule has 31 heavy (non-hydrogen) atoms. The number of hydrogen-bond acceptors (Lipinski definition) is 4. The average molecular weight is 447 g/mol. The molecule has 0 saturated heterocycles. The Bertz CT molecular complexity index is 1190. The van der Waals surface area contributed by atoms with Gasteiger partial charge in [0.25, 0.3) is 15.9 Å². The lowest BCUT2D eigenvalue weighted by Crippen LogP contribution is -2.18. The van der Waals surface area contributed by atoms with Crippen LogP contribution in [0.15, 0.2) is 88.9 Å². The Labute approximate surface area is 176 Å². The molecule has 0 bridgehead atoms. The summed E-state index contributed by atoms with van der Waals surface area (Å²) in [5.74, 6) is -0.668. The van der Waals surface area contributed by atoms with Gasteiger partial charge in [0.15, 0.2) is 0 Å². The van der Waals surface area contributed by atoms with Crippen LogP contribution in [0.1, 0.15) is 21.5 Å². The molecule has 1 amide bonds. The number of benzene rings is 3. The Morgan fingerprint density at radius 3 is 2.13 bits per heavy atom. The van der Waals surface area contributed by atoms with E-state index in [1.165, 1.54) is 54.6 Å². The zero-order valence-electron chi connectivity index (χ0n) is 15.8. The van der Waals surface area contributed by atoms with Crippen LogP contribution in [0.5, 0.6) is 0 Å². The van der Waals surface area contributed by atoms with Crippen LogP contribution < -0.4 is 10.1 Å². The molecule has 0 atom stereocenters. The maximum absolute atomic E-state index is 13.0. The number of hydrogen-bond donors (Lipinski definition) is 2. The highest BCUT2D eigenvalue weighted by Gasteiger charge is 2.32. The number of nitrogens with one attached hydrogen (secondary N) is 2. The molecule has 2 N–H and O–H groups in total. The molecule has 0 spiro atoms. The number of anilines is 1. The van der Waals surface area contributed by atoms with Gasteiger partial charge in [-0.25, -0.2) is 13.8 Å². The maximum atomic E-state index is 13.0. The Morgan fingerprint density at radius 2 is 1.48 bits per heavy atom. The Kier molecular flexibility index (Phi) is 6.40. The van der Waals surface area contributed by atoms with Crippen molar-refractivity contribution in [3.8, 4) is 0 Å². The van der Waals surface area contributed by atoms with Crippen LogP contribution in [0.25, 0.3) is 0 Å². The third kappa shape index (κ3) is 5.70. The largest absolute Gasteiger partial charge is 0.417 e. The van der Waals surface area contributed by atoms with Gasteiger partial charge < -0.3 is 0 Å². The van der Waals surface area contributed by atoms with Crippen molar-refractivity contribution < 1.29 is 26.4 Å². The van der Waals surface area contributed by atoms with E-state index >= 15 is 0 Å². The smallest absolute Gasteiger partial charge is 0.280 e. The summed E-state index contributed by atoms with van der Waals surface area (Å²) < 4.78 is 65.9. The third-order valence-electron chi connectivity index (χ3n) is 4.09. The van der Waals surface area contributed by atoms with Gasteiger partial charge in [-0.05, 0) is 42.5 Å². The molecule has 0 heterocycles. The van der Waals surface area contributed by atoms with Gasteiger partial charge in [-0.3, -0.25) is 9.52 Å². The van der Waals surface area contributed by atoms with Crippen molar-refractivity contribution in [3.63, 3.8) is 0 Å². The minimum absolute atomic E-state index is 0.0882. The normalized spacial score (nSPS) is 12.0. The summed E-state index contributed by atoms with van der Waals surface area (Å²) >= 11 is 0. The number of sulfonamides is 1.